The monoisotopic (exact) mass is 753 g/mol. The predicted octanol–water partition coefficient (Wildman–Crippen LogP) is 10.7. The minimum atomic E-state index is -4.60. The first kappa shape index (κ1) is 50.5. The van der Waals surface area contributed by atoms with E-state index in [2.05, 4.69) is 55.6 Å². The average Bonchev–Trinajstić information content (AvgIpc) is 3.09. The van der Waals surface area contributed by atoms with Crippen LogP contribution in [0.2, 0.25) is 0 Å². The molecule has 0 radical (unpaired) electrons. The Balaban J connectivity index is 4.57. The summed E-state index contributed by atoms with van der Waals surface area (Å²) >= 11 is 0. The highest BCUT2D eigenvalue weighted by atomic mass is 31.2. The maximum atomic E-state index is 12.8. The molecule has 2 N–H and O–H groups in total. The van der Waals surface area contributed by atoms with Gasteiger partial charge in [-0.05, 0) is 70.6 Å². The van der Waals surface area contributed by atoms with E-state index in [0.29, 0.717) is 17.4 Å². The number of carbonyl (C=O) groups is 1. The molecule has 8 nitrogen and oxygen atoms in total. The maximum Gasteiger partial charge on any atom is 0.268 e. The lowest BCUT2D eigenvalue weighted by Gasteiger charge is -2.29. The number of phosphoric ester groups is 1. The van der Waals surface area contributed by atoms with Gasteiger partial charge in [0, 0.05) is 6.42 Å². The Morgan fingerprint density at radius 2 is 1.08 bits per heavy atom. The Hall–Kier alpha value is -1.54. The van der Waals surface area contributed by atoms with E-state index in [0.717, 1.165) is 64.2 Å². The topological polar surface area (TPSA) is 108 Å². The molecule has 3 unspecified atom stereocenters. The predicted molar refractivity (Wildman–Crippen MR) is 219 cm³/mol. The number of allylic oxidation sites excluding steroid dienone is 7. The van der Waals surface area contributed by atoms with Crippen molar-refractivity contribution in [2.24, 2.45) is 0 Å². The van der Waals surface area contributed by atoms with Crippen LogP contribution >= 0.6 is 7.82 Å². The zero-order valence-corrected chi connectivity index (χ0v) is 35.1. The van der Waals surface area contributed by atoms with Crippen LogP contribution in [0.1, 0.15) is 168 Å². The van der Waals surface area contributed by atoms with E-state index >= 15 is 0 Å². The number of carbonyl (C=O) groups excluding carboxylic acids is 1. The zero-order valence-electron chi connectivity index (χ0n) is 34.2. The second kappa shape index (κ2) is 35.2. The second-order valence-corrected chi connectivity index (χ2v) is 16.7. The van der Waals surface area contributed by atoms with Crippen LogP contribution in [0.3, 0.4) is 0 Å². The molecule has 0 saturated heterocycles. The van der Waals surface area contributed by atoms with Gasteiger partial charge in [-0.3, -0.25) is 9.36 Å². The highest BCUT2D eigenvalue weighted by Gasteiger charge is 2.23. The van der Waals surface area contributed by atoms with Gasteiger partial charge in [0.1, 0.15) is 13.2 Å². The summed E-state index contributed by atoms with van der Waals surface area (Å²) in [6.45, 7) is 4.56. The first-order valence-electron chi connectivity index (χ1n) is 21.0. The molecule has 0 bridgehead atoms. The number of unbranched alkanes of at least 4 members (excludes halogenated alkanes) is 18. The van der Waals surface area contributed by atoms with E-state index < -0.39 is 26.6 Å². The molecule has 0 aromatic rings. The van der Waals surface area contributed by atoms with Crippen molar-refractivity contribution in [3.63, 3.8) is 0 Å². The lowest BCUT2D eigenvalue weighted by atomic mass is 10.1. The summed E-state index contributed by atoms with van der Waals surface area (Å²) < 4.78 is 23.1. The van der Waals surface area contributed by atoms with Crippen LogP contribution in [0.25, 0.3) is 0 Å². The fourth-order valence-corrected chi connectivity index (χ4v) is 6.31. The van der Waals surface area contributed by atoms with Gasteiger partial charge in [0.25, 0.3) is 7.82 Å². The molecule has 0 aliphatic heterocycles. The van der Waals surface area contributed by atoms with Crippen LogP contribution in [0.4, 0.5) is 0 Å². The first-order valence-corrected chi connectivity index (χ1v) is 22.5. The Morgan fingerprint density at radius 1 is 0.654 bits per heavy atom. The highest BCUT2D eigenvalue weighted by molar-refractivity contribution is 7.45. The van der Waals surface area contributed by atoms with Crippen molar-refractivity contribution in [3.05, 3.63) is 48.6 Å². The van der Waals surface area contributed by atoms with Crippen LogP contribution in [0.5, 0.6) is 0 Å². The Kier molecular flexibility index (Phi) is 34.1. The molecule has 0 spiro atoms. The van der Waals surface area contributed by atoms with Crippen LogP contribution in [0, 0.1) is 0 Å². The number of aliphatic hydroxyl groups is 1. The van der Waals surface area contributed by atoms with Crippen molar-refractivity contribution < 1.29 is 32.9 Å². The number of phosphoric acid groups is 1. The van der Waals surface area contributed by atoms with Gasteiger partial charge >= 0.3 is 0 Å². The maximum absolute atomic E-state index is 12.8. The number of aliphatic hydroxyl groups excluding tert-OH is 1. The van der Waals surface area contributed by atoms with E-state index in [1.165, 1.54) is 83.5 Å². The van der Waals surface area contributed by atoms with Gasteiger partial charge in [0.15, 0.2) is 0 Å². The van der Waals surface area contributed by atoms with Gasteiger partial charge in [0.2, 0.25) is 5.91 Å². The third kappa shape index (κ3) is 36.8. The molecule has 0 saturated carbocycles. The number of likely N-dealkylation sites (N-methyl/N-ethyl adjacent to an activating group) is 1. The van der Waals surface area contributed by atoms with E-state index in [4.69, 9.17) is 9.05 Å². The van der Waals surface area contributed by atoms with Gasteiger partial charge < -0.3 is 28.8 Å². The van der Waals surface area contributed by atoms with Crippen LogP contribution in [0.15, 0.2) is 48.6 Å². The number of hydrogen-bond donors (Lipinski definition) is 2. The SMILES string of the molecule is CCCCC/C=C\CCCCCCCC(=O)NC(COP(=O)([O-])OCC[N+](C)(C)C)C(O)/C=C/CC/C=C/CC/C=C/CCCCCCCCCC. The molecule has 1 amide bonds. The van der Waals surface area contributed by atoms with E-state index in [9.17, 15) is 19.4 Å². The summed E-state index contributed by atoms with van der Waals surface area (Å²) in [4.78, 5) is 25.2. The van der Waals surface area contributed by atoms with E-state index in [-0.39, 0.29) is 12.5 Å². The summed E-state index contributed by atoms with van der Waals surface area (Å²) in [7, 11) is 1.22. The van der Waals surface area contributed by atoms with Crippen molar-refractivity contribution in [1.82, 2.24) is 5.32 Å². The van der Waals surface area contributed by atoms with E-state index in [1.54, 1.807) is 6.08 Å². The molecule has 0 heterocycles. The third-order valence-corrected chi connectivity index (χ3v) is 9.95. The molecule has 304 valence electrons. The standard InChI is InChI=1S/C43H81N2O6P/c1-6-8-10-12-14-16-18-20-21-22-23-24-25-26-28-30-32-34-36-42(46)41(40-51-52(48,49)50-39-38-45(3,4)5)44-43(47)37-35-33-31-29-27-19-17-15-13-11-9-7-2/h15,17,22-23,26,28,34,36,41-42,46H,6-14,16,18-21,24-25,27,29-33,35,37-40H2,1-5H3,(H-,44,47,48,49)/b17-15-,23-22+,28-26+,36-34+. The number of nitrogens with zero attached hydrogens (tertiary/aromatic N) is 1. The number of hydrogen-bond acceptors (Lipinski definition) is 6. The van der Waals surface area contributed by atoms with Crippen molar-refractivity contribution in [1.29, 1.82) is 0 Å². The quantitative estimate of drug-likeness (QED) is 0.0283. The van der Waals surface area contributed by atoms with Gasteiger partial charge in [-0.1, -0.05) is 140 Å². The summed E-state index contributed by atoms with van der Waals surface area (Å²) in [5.41, 5.74) is 0. The molecule has 0 rings (SSSR count). The van der Waals surface area contributed by atoms with Crippen molar-refractivity contribution >= 4 is 13.7 Å². The molecular weight excluding hydrogens is 671 g/mol. The number of rotatable bonds is 37. The summed E-state index contributed by atoms with van der Waals surface area (Å²) in [6, 6.07) is -0.912. The largest absolute Gasteiger partial charge is 0.756 e. The van der Waals surface area contributed by atoms with Crippen LogP contribution in [-0.2, 0) is 18.4 Å². The summed E-state index contributed by atoms with van der Waals surface area (Å²) in [5, 5.41) is 13.7. The van der Waals surface area contributed by atoms with Crippen molar-refractivity contribution in [2.75, 3.05) is 40.9 Å². The number of nitrogens with one attached hydrogen (secondary N) is 1. The minimum absolute atomic E-state index is 0.0118. The van der Waals surface area contributed by atoms with Crippen LogP contribution < -0.4 is 10.2 Å². The van der Waals surface area contributed by atoms with Gasteiger partial charge in [-0.25, -0.2) is 0 Å². The molecule has 0 aromatic heterocycles. The smallest absolute Gasteiger partial charge is 0.268 e. The molecule has 3 atom stereocenters. The first-order chi connectivity index (χ1) is 25.0. The molecule has 0 aliphatic rings. The second-order valence-electron chi connectivity index (χ2n) is 15.3. The molecule has 0 aliphatic carbocycles. The Morgan fingerprint density at radius 3 is 1.60 bits per heavy atom. The van der Waals surface area contributed by atoms with Gasteiger partial charge in [-0.2, -0.15) is 0 Å². The Labute approximate surface area is 320 Å². The zero-order chi connectivity index (χ0) is 38.6. The lowest BCUT2D eigenvalue weighted by Crippen LogP contribution is -2.45. The van der Waals surface area contributed by atoms with Crippen molar-refractivity contribution in [3.8, 4) is 0 Å². The summed E-state index contributed by atoms with van der Waals surface area (Å²) in [6.07, 6.45) is 43.0. The van der Waals surface area contributed by atoms with Gasteiger partial charge in [0.05, 0.1) is 39.9 Å². The molecule has 52 heavy (non-hydrogen) atoms. The average molecular weight is 753 g/mol. The van der Waals surface area contributed by atoms with Crippen LogP contribution in [-0.4, -0.2) is 68.5 Å². The summed E-state index contributed by atoms with van der Waals surface area (Å²) in [5.74, 6) is -0.225. The van der Waals surface area contributed by atoms with Crippen molar-refractivity contribution in [2.45, 2.75) is 180 Å². The molecule has 9 heteroatoms. The Bertz CT molecular complexity index is 991. The fraction of sp³-hybridized carbons (Fsp3) is 0.791. The highest BCUT2D eigenvalue weighted by Crippen LogP contribution is 2.38. The minimum Gasteiger partial charge on any atom is -0.756 e. The number of amides is 1. The molecular formula is C43H81N2O6P. The fourth-order valence-electron chi connectivity index (χ4n) is 5.59. The number of quaternary nitrogens is 1. The normalized spacial score (nSPS) is 15.0. The molecule has 0 fully saturated rings. The molecule has 0 aromatic carbocycles. The lowest BCUT2D eigenvalue weighted by molar-refractivity contribution is -0.870. The third-order valence-electron chi connectivity index (χ3n) is 8.99. The van der Waals surface area contributed by atoms with E-state index in [1.807, 2.05) is 27.2 Å². The van der Waals surface area contributed by atoms with Gasteiger partial charge in [-0.15, -0.1) is 0 Å².